The van der Waals surface area contributed by atoms with Gasteiger partial charge in [-0.2, -0.15) is 0 Å². The number of aromatic nitrogens is 3. The van der Waals surface area contributed by atoms with Gasteiger partial charge in [0.25, 0.3) is 0 Å². The SMILES string of the molecule is CNC(C)c1nnc(-c2ccc(=O)[nH]c2)s1. The molecule has 0 aromatic carbocycles. The normalized spacial score (nSPS) is 12.6. The van der Waals surface area contributed by atoms with Crippen LogP contribution in [-0.2, 0) is 0 Å². The van der Waals surface area contributed by atoms with Crippen molar-refractivity contribution in [2.24, 2.45) is 0 Å². The van der Waals surface area contributed by atoms with Crippen LogP contribution in [-0.4, -0.2) is 22.2 Å². The molecular weight excluding hydrogens is 224 g/mol. The first-order chi connectivity index (χ1) is 7.70. The lowest BCUT2D eigenvalue weighted by Gasteiger charge is -2.02. The molecule has 0 saturated carbocycles. The molecule has 0 radical (unpaired) electrons. The van der Waals surface area contributed by atoms with Crippen molar-refractivity contribution in [3.63, 3.8) is 0 Å². The van der Waals surface area contributed by atoms with Gasteiger partial charge in [0.1, 0.15) is 10.0 Å². The summed E-state index contributed by atoms with van der Waals surface area (Å²) in [5.74, 6) is 0. The molecule has 0 amide bonds. The van der Waals surface area contributed by atoms with E-state index in [0.717, 1.165) is 15.6 Å². The van der Waals surface area contributed by atoms with Crippen LogP contribution in [0.5, 0.6) is 0 Å². The molecule has 0 spiro atoms. The molecule has 5 nitrogen and oxygen atoms in total. The van der Waals surface area contributed by atoms with Gasteiger partial charge >= 0.3 is 0 Å². The van der Waals surface area contributed by atoms with E-state index >= 15 is 0 Å². The van der Waals surface area contributed by atoms with Gasteiger partial charge in [0.2, 0.25) is 5.56 Å². The first-order valence-electron chi connectivity index (χ1n) is 4.90. The summed E-state index contributed by atoms with van der Waals surface area (Å²) in [5, 5.41) is 13.0. The van der Waals surface area contributed by atoms with Gasteiger partial charge in [0.05, 0.1) is 6.04 Å². The van der Waals surface area contributed by atoms with E-state index in [1.807, 2.05) is 14.0 Å². The van der Waals surface area contributed by atoms with E-state index in [0.29, 0.717) is 0 Å². The minimum absolute atomic E-state index is 0.114. The highest BCUT2D eigenvalue weighted by atomic mass is 32.1. The Bertz CT molecular complexity index is 513. The van der Waals surface area contributed by atoms with Crippen LogP contribution < -0.4 is 10.9 Å². The summed E-state index contributed by atoms with van der Waals surface area (Å²) in [6.45, 7) is 2.02. The number of hydrogen-bond acceptors (Lipinski definition) is 5. The molecule has 0 bridgehead atoms. The number of aromatic amines is 1. The van der Waals surface area contributed by atoms with Crippen molar-refractivity contribution in [3.8, 4) is 10.6 Å². The van der Waals surface area contributed by atoms with E-state index in [9.17, 15) is 4.79 Å². The molecule has 2 N–H and O–H groups in total. The zero-order valence-corrected chi connectivity index (χ0v) is 9.84. The number of hydrogen-bond donors (Lipinski definition) is 2. The highest BCUT2D eigenvalue weighted by Crippen LogP contribution is 2.25. The van der Waals surface area contributed by atoms with Crippen LogP contribution in [0.4, 0.5) is 0 Å². The highest BCUT2D eigenvalue weighted by molar-refractivity contribution is 7.14. The molecule has 2 heterocycles. The largest absolute Gasteiger partial charge is 0.328 e. The second kappa shape index (κ2) is 4.54. The van der Waals surface area contributed by atoms with Gasteiger partial charge in [0.15, 0.2) is 0 Å². The van der Waals surface area contributed by atoms with Gasteiger partial charge in [-0.15, -0.1) is 10.2 Å². The van der Waals surface area contributed by atoms with Crippen LogP contribution in [0.15, 0.2) is 23.1 Å². The van der Waals surface area contributed by atoms with Crippen LogP contribution in [0, 0.1) is 0 Å². The molecule has 0 aliphatic carbocycles. The van der Waals surface area contributed by atoms with Gasteiger partial charge < -0.3 is 10.3 Å². The monoisotopic (exact) mass is 236 g/mol. The van der Waals surface area contributed by atoms with E-state index in [-0.39, 0.29) is 11.6 Å². The predicted molar refractivity (Wildman–Crippen MR) is 63.4 cm³/mol. The Morgan fingerprint density at radius 2 is 2.25 bits per heavy atom. The number of H-pyrrole nitrogens is 1. The van der Waals surface area contributed by atoms with Crippen molar-refractivity contribution in [1.29, 1.82) is 0 Å². The fraction of sp³-hybridized carbons (Fsp3) is 0.300. The van der Waals surface area contributed by atoms with Crippen LogP contribution >= 0.6 is 11.3 Å². The third kappa shape index (κ3) is 2.17. The maximum atomic E-state index is 10.9. The van der Waals surface area contributed by atoms with Crippen molar-refractivity contribution in [1.82, 2.24) is 20.5 Å². The molecule has 84 valence electrons. The average molecular weight is 236 g/mol. The predicted octanol–water partition coefficient (Wildman–Crippen LogP) is 1.17. The van der Waals surface area contributed by atoms with E-state index in [4.69, 9.17) is 0 Å². The van der Waals surface area contributed by atoms with E-state index < -0.39 is 0 Å². The topological polar surface area (TPSA) is 70.7 Å². The second-order valence-corrected chi connectivity index (χ2v) is 4.41. The van der Waals surface area contributed by atoms with Crippen molar-refractivity contribution in [3.05, 3.63) is 33.7 Å². The third-order valence-electron chi connectivity index (χ3n) is 2.28. The van der Waals surface area contributed by atoms with E-state index in [1.54, 1.807) is 12.3 Å². The van der Waals surface area contributed by atoms with Crippen LogP contribution in [0.1, 0.15) is 18.0 Å². The lowest BCUT2D eigenvalue weighted by molar-refractivity contribution is 0.640. The van der Waals surface area contributed by atoms with Crippen LogP contribution in [0.2, 0.25) is 0 Å². The Labute approximate surface area is 96.6 Å². The Hall–Kier alpha value is -1.53. The lowest BCUT2D eigenvalue weighted by Crippen LogP contribution is -2.11. The molecule has 0 aliphatic rings. The van der Waals surface area contributed by atoms with Crippen molar-refractivity contribution in [2.45, 2.75) is 13.0 Å². The molecule has 0 aliphatic heterocycles. The Morgan fingerprint density at radius 3 is 2.88 bits per heavy atom. The summed E-state index contributed by atoms with van der Waals surface area (Å²) in [7, 11) is 1.88. The number of nitrogens with zero attached hydrogens (tertiary/aromatic N) is 2. The lowest BCUT2D eigenvalue weighted by atomic mass is 10.3. The summed E-state index contributed by atoms with van der Waals surface area (Å²) >= 11 is 1.52. The minimum Gasteiger partial charge on any atom is -0.328 e. The van der Waals surface area contributed by atoms with Crippen LogP contribution in [0.3, 0.4) is 0 Å². The fourth-order valence-electron chi connectivity index (χ4n) is 1.19. The first-order valence-corrected chi connectivity index (χ1v) is 5.72. The molecular formula is C10H12N4OS. The fourth-order valence-corrected chi connectivity index (χ4v) is 2.09. The zero-order valence-electron chi connectivity index (χ0n) is 9.02. The maximum absolute atomic E-state index is 10.9. The molecule has 1 atom stereocenters. The van der Waals surface area contributed by atoms with Gasteiger partial charge in [0, 0.05) is 17.8 Å². The van der Waals surface area contributed by atoms with Gasteiger partial charge in [-0.3, -0.25) is 4.79 Å². The molecule has 16 heavy (non-hydrogen) atoms. The smallest absolute Gasteiger partial charge is 0.247 e. The van der Waals surface area contributed by atoms with Crippen molar-refractivity contribution in [2.75, 3.05) is 7.05 Å². The summed E-state index contributed by atoms with van der Waals surface area (Å²) in [5.41, 5.74) is 0.767. The number of rotatable bonds is 3. The van der Waals surface area contributed by atoms with Crippen LogP contribution in [0.25, 0.3) is 10.6 Å². The van der Waals surface area contributed by atoms with E-state index in [1.165, 1.54) is 17.4 Å². The Balaban J connectivity index is 2.31. The Kier molecular flexibility index (Phi) is 3.12. The average Bonchev–Trinajstić information content (AvgIpc) is 2.78. The standard InChI is InChI=1S/C10H12N4OS/c1-6(11-2)9-13-14-10(16-9)7-3-4-8(15)12-5-7/h3-6,11H,1-2H3,(H,12,15). The van der Waals surface area contributed by atoms with Gasteiger partial charge in [-0.25, -0.2) is 0 Å². The summed E-state index contributed by atoms with van der Waals surface area (Å²) in [6, 6.07) is 3.42. The molecule has 2 rings (SSSR count). The summed E-state index contributed by atoms with van der Waals surface area (Å²) in [6.07, 6.45) is 1.65. The number of pyridine rings is 1. The molecule has 6 heteroatoms. The highest BCUT2D eigenvalue weighted by Gasteiger charge is 2.11. The number of nitrogens with one attached hydrogen (secondary N) is 2. The molecule has 0 saturated heterocycles. The quantitative estimate of drug-likeness (QED) is 0.839. The zero-order chi connectivity index (χ0) is 11.5. The molecule has 2 aromatic heterocycles. The van der Waals surface area contributed by atoms with E-state index in [2.05, 4.69) is 20.5 Å². The molecule has 2 aromatic rings. The minimum atomic E-state index is -0.114. The summed E-state index contributed by atoms with van der Waals surface area (Å²) < 4.78 is 0. The third-order valence-corrected chi connectivity index (χ3v) is 3.43. The van der Waals surface area contributed by atoms with Crippen molar-refractivity contribution >= 4 is 11.3 Å². The second-order valence-electron chi connectivity index (χ2n) is 3.40. The van der Waals surface area contributed by atoms with Crippen molar-refractivity contribution < 1.29 is 0 Å². The Morgan fingerprint density at radius 1 is 1.44 bits per heavy atom. The molecule has 1 unspecified atom stereocenters. The summed E-state index contributed by atoms with van der Waals surface area (Å²) in [4.78, 5) is 13.5. The van der Waals surface area contributed by atoms with Gasteiger partial charge in [-0.05, 0) is 20.0 Å². The first kappa shape index (κ1) is 11.0. The molecule has 0 fully saturated rings. The van der Waals surface area contributed by atoms with Gasteiger partial charge in [-0.1, -0.05) is 11.3 Å². The maximum Gasteiger partial charge on any atom is 0.247 e.